The molecule has 2 aliphatic heterocycles. The van der Waals surface area contributed by atoms with Crippen LogP contribution in [0.15, 0.2) is 0 Å². The molecule has 2 heterocycles. The van der Waals surface area contributed by atoms with E-state index in [1.165, 1.54) is 11.8 Å². The summed E-state index contributed by atoms with van der Waals surface area (Å²) in [7, 11) is 0. The molecule has 0 saturated carbocycles. The Morgan fingerprint density at radius 2 is 2.22 bits per heavy atom. The van der Waals surface area contributed by atoms with Crippen LogP contribution in [0.2, 0.25) is 0 Å². The zero-order valence-corrected chi connectivity index (χ0v) is 10.6. The van der Waals surface area contributed by atoms with Gasteiger partial charge in [-0.15, -0.1) is 0 Å². The Balaban J connectivity index is 1.93. The van der Waals surface area contributed by atoms with Crippen molar-refractivity contribution in [3.05, 3.63) is 0 Å². The second kappa shape index (κ2) is 6.08. The summed E-state index contributed by atoms with van der Waals surface area (Å²) in [6.45, 7) is 1.82. The highest BCUT2D eigenvalue weighted by Gasteiger charge is 2.44. The predicted molar refractivity (Wildman–Crippen MR) is 64.1 cm³/mol. The Kier molecular flexibility index (Phi) is 4.46. The normalized spacial score (nSPS) is 30.8. The molecule has 0 aromatic rings. The number of hydrogen-bond donors (Lipinski definition) is 0. The Morgan fingerprint density at radius 3 is 2.94 bits per heavy atom. The third-order valence-corrected chi connectivity index (χ3v) is 4.64. The van der Waals surface area contributed by atoms with Gasteiger partial charge in [0.1, 0.15) is 6.10 Å². The Morgan fingerprint density at radius 1 is 1.39 bits per heavy atom. The highest BCUT2D eigenvalue weighted by Crippen LogP contribution is 2.39. The molecule has 2 aliphatic rings. The molecule has 0 aliphatic carbocycles. The standard InChI is InChI=1S/C11H15NO5S/c13-6-16-4-2-10-9-5-8(17-7-14)1-3-12(9)11(15)18-10/h6-10H,1-5H2. The molecule has 2 rings (SSSR count). The maximum atomic E-state index is 11.8. The molecule has 0 radical (unpaired) electrons. The first-order chi connectivity index (χ1) is 8.76. The molecule has 0 bridgehead atoms. The van der Waals surface area contributed by atoms with Crippen LogP contribution in [0.3, 0.4) is 0 Å². The van der Waals surface area contributed by atoms with Crippen LogP contribution in [-0.4, -0.2) is 53.6 Å². The first-order valence-corrected chi connectivity index (χ1v) is 6.76. The van der Waals surface area contributed by atoms with Crippen molar-refractivity contribution in [1.82, 2.24) is 4.90 Å². The van der Waals surface area contributed by atoms with Crippen LogP contribution in [0.5, 0.6) is 0 Å². The van der Waals surface area contributed by atoms with E-state index in [-0.39, 0.29) is 22.6 Å². The van der Waals surface area contributed by atoms with Crippen molar-refractivity contribution in [1.29, 1.82) is 0 Å². The fourth-order valence-electron chi connectivity index (χ4n) is 2.50. The van der Waals surface area contributed by atoms with Crippen molar-refractivity contribution in [2.75, 3.05) is 13.2 Å². The number of ether oxygens (including phenoxy) is 2. The predicted octanol–water partition coefficient (Wildman–Crippen LogP) is 0.791. The van der Waals surface area contributed by atoms with Crippen LogP contribution in [0, 0.1) is 0 Å². The van der Waals surface area contributed by atoms with Crippen molar-refractivity contribution < 1.29 is 23.9 Å². The molecule has 2 fully saturated rings. The molecule has 6 nitrogen and oxygen atoms in total. The first kappa shape index (κ1) is 13.2. The highest BCUT2D eigenvalue weighted by atomic mass is 32.2. The molecule has 3 unspecified atom stereocenters. The molecule has 0 N–H and O–H groups in total. The molecule has 3 atom stereocenters. The van der Waals surface area contributed by atoms with E-state index < -0.39 is 0 Å². The number of carbonyl (C=O) groups excluding carboxylic acids is 3. The smallest absolute Gasteiger partial charge is 0.293 e. The Hall–Kier alpha value is -1.24. The lowest BCUT2D eigenvalue weighted by atomic mass is 9.96. The van der Waals surface area contributed by atoms with Gasteiger partial charge in [0.25, 0.3) is 18.2 Å². The van der Waals surface area contributed by atoms with Crippen LogP contribution >= 0.6 is 11.8 Å². The van der Waals surface area contributed by atoms with Gasteiger partial charge in [0.2, 0.25) is 0 Å². The number of thioether (sulfide) groups is 1. The van der Waals surface area contributed by atoms with Gasteiger partial charge in [0, 0.05) is 30.7 Å². The topological polar surface area (TPSA) is 72.9 Å². The van der Waals surface area contributed by atoms with Crippen molar-refractivity contribution >= 4 is 29.9 Å². The monoisotopic (exact) mass is 273 g/mol. The fourth-order valence-corrected chi connectivity index (χ4v) is 3.75. The molecule has 18 heavy (non-hydrogen) atoms. The van der Waals surface area contributed by atoms with Gasteiger partial charge in [-0.3, -0.25) is 14.4 Å². The van der Waals surface area contributed by atoms with Gasteiger partial charge in [-0.25, -0.2) is 0 Å². The maximum Gasteiger partial charge on any atom is 0.293 e. The lowest BCUT2D eigenvalue weighted by molar-refractivity contribution is -0.136. The highest BCUT2D eigenvalue weighted by molar-refractivity contribution is 8.14. The van der Waals surface area contributed by atoms with Crippen LogP contribution in [0.1, 0.15) is 19.3 Å². The zero-order valence-electron chi connectivity index (χ0n) is 9.82. The van der Waals surface area contributed by atoms with Gasteiger partial charge in [0.15, 0.2) is 0 Å². The van der Waals surface area contributed by atoms with Gasteiger partial charge in [-0.1, -0.05) is 11.8 Å². The summed E-state index contributed by atoms with van der Waals surface area (Å²) in [6.07, 6.45) is 1.90. The SMILES string of the molecule is O=COCCC1SC(=O)N2CCC(OC=O)CC12. The quantitative estimate of drug-likeness (QED) is 0.526. The summed E-state index contributed by atoms with van der Waals surface area (Å²) in [5.41, 5.74) is 0. The van der Waals surface area contributed by atoms with Gasteiger partial charge in [-0.2, -0.15) is 0 Å². The summed E-state index contributed by atoms with van der Waals surface area (Å²) in [6, 6.07) is 0.0800. The number of carbonyl (C=O) groups is 3. The largest absolute Gasteiger partial charge is 0.468 e. The fraction of sp³-hybridized carbons (Fsp3) is 0.727. The molecular formula is C11H15NO5S. The second-order valence-corrected chi connectivity index (χ2v) is 5.51. The zero-order chi connectivity index (χ0) is 13.0. The molecular weight excluding hydrogens is 258 g/mol. The molecule has 100 valence electrons. The van der Waals surface area contributed by atoms with Crippen molar-refractivity contribution in [3.8, 4) is 0 Å². The van der Waals surface area contributed by atoms with E-state index in [0.29, 0.717) is 45.4 Å². The molecule has 0 aromatic carbocycles. The Bertz CT molecular complexity index is 337. The van der Waals surface area contributed by atoms with E-state index in [0.717, 1.165) is 0 Å². The van der Waals surface area contributed by atoms with Crippen LogP contribution in [0.25, 0.3) is 0 Å². The first-order valence-electron chi connectivity index (χ1n) is 5.88. The van der Waals surface area contributed by atoms with E-state index in [9.17, 15) is 14.4 Å². The molecule has 2 saturated heterocycles. The average Bonchev–Trinajstić information content (AvgIpc) is 2.67. The number of rotatable bonds is 6. The third-order valence-electron chi connectivity index (χ3n) is 3.35. The van der Waals surface area contributed by atoms with Crippen LogP contribution < -0.4 is 0 Å². The second-order valence-electron chi connectivity index (χ2n) is 4.32. The average molecular weight is 273 g/mol. The number of fused-ring (bicyclic) bond motifs is 1. The summed E-state index contributed by atoms with van der Waals surface area (Å²) < 4.78 is 9.66. The minimum absolute atomic E-state index is 0.0701. The summed E-state index contributed by atoms with van der Waals surface area (Å²) in [5, 5.41) is 0.177. The third kappa shape index (κ3) is 2.77. The van der Waals surface area contributed by atoms with Gasteiger partial charge >= 0.3 is 0 Å². The summed E-state index contributed by atoms with van der Waals surface area (Å²) in [5.74, 6) is 0. The molecule has 7 heteroatoms. The van der Waals surface area contributed by atoms with E-state index in [4.69, 9.17) is 4.74 Å². The lowest BCUT2D eigenvalue weighted by Crippen LogP contribution is -2.46. The van der Waals surface area contributed by atoms with Crippen molar-refractivity contribution in [2.24, 2.45) is 0 Å². The van der Waals surface area contributed by atoms with Gasteiger partial charge in [0.05, 0.1) is 6.61 Å². The summed E-state index contributed by atoms with van der Waals surface area (Å²) >= 11 is 1.29. The van der Waals surface area contributed by atoms with E-state index in [1.54, 1.807) is 0 Å². The van der Waals surface area contributed by atoms with Crippen molar-refractivity contribution in [3.63, 3.8) is 0 Å². The van der Waals surface area contributed by atoms with E-state index in [2.05, 4.69) is 4.74 Å². The molecule has 0 aromatic heterocycles. The van der Waals surface area contributed by atoms with E-state index >= 15 is 0 Å². The van der Waals surface area contributed by atoms with E-state index in [1.807, 2.05) is 4.90 Å². The maximum absolute atomic E-state index is 11.8. The number of nitrogens with zero attached hydrogens (tertiary/aromatic N) is 1. The summed E-state index contributed by atoms with van der Waals surface area (Å²) in [4.78, 5) is 34.1. The minimum atomic E-state index is -0.107. The number of hydrogen-bond acceptors (Lipinski definition) is 6. The van der Waals surface area contributed by atoms with Crippen molar-refractivity contribution in [2.45, 2.75) is 36.7 Å². The number of amides is 1. The number of piperidine rings is 1. The lowest BCUT2D eigenvalue weighted by Gasteiger charge is -2.35. The van der Waals surface area contributed by atoms with Gasteiger partial charge in [-0.05, 0) is 6.42 Å². The molecule has 1 amide bonds. The Labute approximate surface area is 109 Å². The molecule has 0 spiro atoms. The minimum Gasteiger partial charge on any atom is -0.468 e. The van der Waals surface area contributed by atoms with Gasteiger partial charge < -0.3 is 14.4 Å². The van der Waals surface area contributed by atoms with Crippen LogP contribution in [0.4, 0.5) is 4.79 Å². The van der Waals surface area contributed by atoms with Crippen LogP contribution in [-0.2, 0) is 19.1 Å².